The number of benzene rings is 9. The van der Waals surface area contributed by atoms with Crippen LogP contribution in [0.2, 0.25) is 0 Å². The van der Waals surface area contributed by atoms with Gasteiger partial charge in [0.15, 0.2) is 0 Å². The van der Waals surface area contributed by atoms with Gasteiger partial charge in [0.1, 0.15) is 0 Å². The van der Waals surface area contributed by atoms with Crippen LogP contribution in [-0.2, 0) is 5.41 Å². The van der Waals surface area contributed by atoms with Crippen LogP contribution in [0.1, 0.15) is 43.0 Å². The quantitative estimate of drug-likeness (QED) is 0.153. The molecule has 6 heterocycles. The van der Waals surface area contributed by atoms with Crippen molar-refractivity contribution in [3.63, 3.8) is 0 Å². The number of guanidine groups is 3. The Labute approximate surface area is 434 Å². The van der Waals surface area contributed by atoms with Gasteiger partial charge >= 0.3 is 437 Å². The monoisotopic (exact) mass is 1010 g/mol. The van der Waals surface area contributed by atoms with Gasteiger partial charge in [-0.05, 0) is 0 Å². The predicted molar refractivity (Wildman–Crippen MR) is 309 cm³/mol. The summed E-state index contributed by atoms with van der Waals surface area (Å²) in [7, 11) is 0. The van der Waals surface area contributed by atoms with E-state index < -0.39 is 0 Å². The molecule has 0 bridgehead atoms. The Morgan fingerprint density at radius 3 is 1.47 bits per heavy atom. The molecule has 0 atom stereocenters. The van der Waals surface area contributed by atoms with E-state index in [1.807, 2.05) is 60.7 Å². The van der Waals surface area contributed by atoms with Crippen molar-refractivity contribution in [1.29, 1.82) is 0 Å². The molecule has 74 heavy (non-hydrogen) atoms. The second kappa shape index (κ2) is 16.4. The van der Waals surface area contributed by atoms with E-state index in [4.69, 9.17) is 30.0 Å². The average Bonchev–Trinajstić information content (AvgIpc) is 3.80. The standard InChI is InChI=1S/C64H43BN8Se/c1-64(2,3)46-36-53-55-54(37-46)74-57-49(60-70-62-68-58(41-25-15-7-16-26-41)66-61-67-59(42-27-17-8-18-28-42)69-63(71-60)73(61)62)33-45(40-23-13-6-14-24-40)35-51(57)65(55)50-34-44(39-21-11-5-12-22-39)32-48-47-31-43(38-19-9-4-10-20-38)29-30-52(47)72(53)56(48)50/h4-37H,1-3H3. The van der Waals surface area contributed by atoms with Gasteiger partial charge in [-0.1, -0.05) is 0 Å². The average molecular weight is 1010 g/mol. The van der Waals surface area contributed by atoms with Crippen molar-refractivity contribution < 1.29 is 0 Å². The molecule has 1 aromatic heterocycles. The van der Waals surface area contributed by atoms with Gasteiger partial charge in [0.05, 0.1) is 0 Å². The van der Waals surface area contributed by atoms with Crippen LogP contribution in [0.25, 0.3) is 60.9 Å². The second-order valence-electron chi connectivity index (χ2n) is 20.4. The minimum atomic E-state index is -0.179. The fourth-order valence-corrected chi connectivity index (χ4v) is 13.9. The predicted octanol–water partition coefficient (Wildman–Crippen LogP) is 9.93. The fraction of sp³-hybridized carbons (Fsp3) is 0.0625. The third-order valence-corrected chi connectivity index (χ3v) is 17.4. The number of aromatic nitrogens is 1. The van der Waals surface area contributed by atoms with Crippen LogP contribution >= 0.6 is 0 Å². The Hall–Kier alpha value is -8.82. The van der Waals surface area contributed by atoms with Gasteiger partial charge in [-0.3, -0.25) is 0 Å². The molecule has 0 spiro atoms. The van der Waals surface area contributed by atoms with Gasteiger partial charge in [-0.25, -0.2) is 0 Å². The van der Waals surface area contributed by atoms with Gasteiger partial charge < -0.3 is 0 Å². The maximum absolute atomic E-state index is 5.44. The molecule has 348 valence electrons. The zero-order valence-corrected chi connectivity index (χ0v) is 42.4. The molecule has 0 amide bonds. The summed E-state index contributed by atoms with van der Waals surface area (Å²) in [5.74, 6) is 2.93. The van der Waals surface area contributed by atoms with E-state index >= 15 is 0 Å². The van der Waals surface area contributed by atoms with E-state index in [0.29, 0.717) is 35.4 Å². The van der Waals surface area contributed by atoms with Gasteiger partial charge in [-0.15, -0.1) is 0 Å². The van der Waals surface area contributed by atoms with Gasteiger partial charge in [0.2, 0.25) is 0 Å². The van der Waals surface area contributed by atoms with Crippen molar-refractivity contribution in [2.24, 2.45) is 30.0 Å². The number of rotatable bonds is 6. The Bertz CT molecular complexity index is 4190. The molecule has 15 rings (SSSR count). The van der Waals surface area contributed by atoms with Gasteiger partial charge in [-0.2, -0.15) is 0 Å². The SMILES string of the molecule is CC(C)(C)c1cc2c3c(c1)-n1c4ccc(-c5ccccc5)cc4c4cc(-c5ccccc5)cc(c41)B3c1cc(-c3ccccc3)cc(C3=NC4=NC(c5ccccc5)=NC5=NC(c6ccccc6)=NC(=N3)N54)c1[Se]2. The molecule has 8 nitrogen and oxygen atoms in total. The third-order valence-electron chi connectivity index (χ3n) is 14.8. The first-order valence-corrected chi connectivity index (χ1v) is 26.8. The van der Waals surface area contributed by atoms with Crippen molar-refractivity contribution >= 4 is 104 Å². The number of hydrogen-bond donors (Lipinski definition) is 0. The summed E-state index contributed by atoms with van der Waals surface area (Å²) in [6.45, 7) is 6.90. The fourth-order valence-electron chi connectivity index (χ4n) is 11.2. The summed E-state index contributed by atoms with van der Waals surface area (Å²) in [6.07, 6.45) is 0. The first-order valence-electron chi connectivity index (χ1n) is 25.1. The molecule has 0 saturated heterocycles. The number of aliphatic imine (C=N–C) groups is 6. The molecule has 9 aromatic carbocycles. The van der Waals surface area contributed by atoms with E-state index in [0.717, 1.165) is 27.8 Å². The van der Waals surface area contributed by atoms with Crippen molar-refractivity contribution in [2.45, 2.75) is 26.2 Å². The number of amidine groups is 3. The summed E-state index contributed by atoms with van der Waals surface area (Å²) in [4.78, 5) is 33.0. The number of fused-ring (bicyclic) bond motifs is 7. The summed E-state index contributed by atoms with van der Waals surface area (Å²) < 4.78 is 5.22. The molecule has 0 aliphatic carbocycles. The van der Waals surface area contributed by atoms with Crippen LogP contribution in [0.5, 0.6) is 0 Å². The van der Waals surface area contributed by atoms with Crippen molar-refractivity contribution in [3.05, 3.63) is 229 Å². The second-order valence-corrected chi connectivity index (χ2v) is 22.6. The summed E-state index contributed by atoms with van der Waals surface area (Å²) in [5, 5.41) is 2.49. The molecule has 0 N–H and O–H groups in total. The maximum atomic E-state index is 5.44. The summed E-state index contributed by atoms with van der Waals surface area (Å²) >= 11 is -0.179. The Kier molecular flexibility index (Phi) is 9.46. The van der Waals surface area contributed by atoms with Crippen LogP contribution < -0.4 is 25.3 Å². The topological polar surface area (TPSA) is 82.3 Å². The van der Waals surface area contributed by atoms with Crippen molar-refractivity contribution in [1.82, 2.24) is 9.47 Å². The molecule has 5 aliphatic heterocycles. The Morgan fingerprint density at radius 2 is 0.905 bits per heavy atom. The van der Waals surface area contributed by atoms with Crippen LogP contribution in [0.4, 0.5) is 0 Å². The molecule has 0 fully saturated rings. The molecule has 10 aromatic rings. The molecule has 0 saturated carbocycles. The number of hydrogen-bond acceptors (Lipinski definition) is 7. The van der Waals surface area contributed by atoms with Crippen molar-refractivity contribution in [3.8, 4) is 39.1 Å². The normalized spacial score (nSPS) is 15.1. The molecule has 0 radical (unpaired) electrons. The molecule has 10 heteroatoms. The van der Waals surface area contributed by atoms with Crippen LogP contribution in [-0.4, -0.2) is 66.5 Å². The van der Waals surface area contributed by atoms with E-state index in [9.17, 15) is 0 Å². The van der Waals surface area contributed by atoms with E-state index in [1.165, 1.54) is 80.6 Å². The molecular formula is C64H43BN8Se. The third kappa shape index (κ3) is 6.75. The van der Waals surface area contributed by atoms with Crippen molar-refractivity contribution in [2.75, 3.05) is 0 Å². The van der Waals surface area contributed by atoms with Gasteiger partial charge in [0, 0.05) is 0 Å². The minimum absolute atomic E-state index is 0.105. The van der Waals surface area contributed by atoms with Crippen LogP contribution in [0.15, 0.2) is 236 Å². The Balaban J connectivity index is 1.03. The summed E-state index contributed by atoms with van der Waals surface area (Å²) in [5.41, 5.74) is 18.6. The first kappa shape index (κ1) is 42.8. The van der Waals surface area contributed by atoms with E-state index in [2.05, 4.69) is 171 Å². The summed E-state index contributed by atoms with van der Waals surface area (Å²) in [6, 6.07) is 74.2. The zero-order valence-electron chi connectivity index (χ0n) is 40.7. The van der Waals surface area contributed by atoms with E-state index in [-0.39, 0.29) is 27.1 Å². The van der Waals surface area contributed by atoms with Crippen LogP contribution in [0.3, 0.4) is 0 Å². The number of nitrogens with zero attached hydrogens (tertiary/aromatic N) is 8. The van der Waals surface area contributed by atoms with Gasteiger partial charge in [0.25, 0.3) is 0 Å². The first-order chi connectivity index (χ1) is 36.3. The zero-order chi connectivity index (χ0) is 49.2. The molecule has 5 aliphatic rings. The van der Waals surface area contributed by atoms with E-state index in [1.54, 1.807) is 4.90 Å². The van der Waals surface area contributed by atoms with Crippen LogP contribution in [0, 0.1) is 0 Å². The Morgan fingerprint density at radius 1 is 0.419 bits per heavy atom. The molecular weight excluding hydrogens is 971 g/mol. The molecule has 0 unspecified atom stereocenters.